The van der Waals surface area contributed by atoms with Crippen molar-refractivity contribution in [2.45, 2.75) is 0 Å². The van der Waals surface area contributed by atoms with Gasteiger partial charge in [-0.25, -0.2) is 0 Å². The zero-order valence-electron chi connectivity index (χ0n) is 15.9. The van der Waals surface area contributed by atoms with E-state index in [4.69, 9.17) is 15.3 Å². The number of anilines is 1. The summed E-state index contributed by atoms with van der Waals surface area (Å²) in [6.45, 7) is 0. The van der Waals surface area contributed by atoms with Crippen molar-refractivity contribution in [1.29, 1.82) is 0 Å². The van der Waals surface area contributed by atoms with Crippen LogP contribution in [0.2, 0.25) is 0 Å². The number of fused-ring (bicyclic) bond motifs is 1. The molecule has 1 nitrogen and oxygen atoms in total. The Morgan fingerprint density at radius 3 is 2.35 bits per heavy atom. The fourth-order valence-electron chi connectivity index (χ4n) is 1.68. The molecule has 0 bridgehead atoms. The van der Waals surface area contributed by atoms with Crippen molar-refractivity contribution in [2.75, 3.05) is 5.73 Å². The van der Waals surface area contributed by atoms with Gasteiger partial charge in [0.15, 0.2) is 0 Å². The predicted octanol–water partition coefficient (Wildman–Crippen LogP) is 4.09. The van der Waals surface area contributed by atoms with Crippen LogP contribution in [0.25, 0.3) is 21.9 Å². The lowest BCUT2D eigenvalue weighted by Gasteiger charge is -2.06. The Morgan fingerprint density at radius 1 is 0.824 bits per heavy atom. The predicted molar refractivity (Wildman–Crippen MR) is 73.8 cm³/mol. The van der Waals surface area contributed by atoms with Crippen molar-refractivity contribution in [2.24, 2.45) is 0 Å². The molecule has 17 heavy (non-hydrogen) atoms. The maximum Gasteiger partial charge on any atom is 0.0629 e. The number of nitrogens with two attached hydrogens (primary N) is 1. The van der Waals surface area contributed by atoms with E-state index in [1.165, 1.54) is 0 Å². The summed E-state index contributed by atoms with van der Waals surface area (Å²) in [6, 6.07) is 3.92. The van der Waals surface area contributed by atoms with E-state index in [2.05, 4.69) is 0 Å². The van der Waals surface area contributed by atoms with Crippen LogP contribution in [0.1, 0.15) is 9.60 Å². The highest BCUT2D eigenvalue weighted by Crippen LogP contribution is 2.28. The quantitative estimate of drug-likeness (QED) is 0.621. The van der Waals surface area contributed by atoms with E-state index in [-0.39, 0.29) is 46.5 Å². The molecule has 0 saturated heterocycles. The fraction of sp³-hybridized carbons (Fsp3) is 0. The highest BCUT2D eigenvalue weighted by molar-refractivity contribution is 5.96. The molecule has 0 saturated carbocycles. The van der Waals surface area contributed by atoms with Gasteiger partial charge in [0.1, 0.15) is 0 Å². The van der Waals surface area contributed by atoms with E-state index >= 15 is 0 Å². The lowest BCUT2D eigenvalue weighted by Crippen LogP contribution is -1.85. The molecule has 0 atom stereocenters. The third-order valence-corrected chi connectivity index (χ3v) is 2.51. The average Bonchev–Trinajstić information content (AvgIpc) is 2.57. The molecule has 0 unspecified atom stereocenters. The van der Waals surface area contributed by atoms with Gasteiger partial charge in [-0.15, -0.1) is 0 Å². The van der Waals surface area contributed by atoms with E-state index in [9.17, 15) is 0 Å². The van der Waals surface area contributed by atoms with Crippen LogP contribution in [-0.4, -0.2) is 0 Å². The Kier molecular flexibility index (Phi) is 1.14. The van der Waals surface area contributed by atoms with Gasteiger partial charge in [0.2, 0.25) is 0 Å². The zero-order chi connectivity index (χ0) is 17.8. The van der Waals surface area contributed by atoms with Crippen LogP contribution >= 0.6 is 0 Å². The lowest BCUT2D eigenvalue weighted by atomic mass is 9.98. The summed E-state index contributed by atoms with van der Waals surface area (Å²) in [5.41, 5.74) is 6.90. The van der Waals surface area contributed by atoms with Crippen molar-refractivity contribution in [1.82, 2.24) is 0 Å². The zero-order valence-corrected chi connectivity index (χ0v) is 8.89. The molecular weight excluding hydrogens is 206 g/mol. The van der Waals surface area contributed by atoms with Crippen LogP contribution in [0.15, 0.2) is 66.6 Å². The molecule has 82 valence electrons. The monoisotopic (exact) mass is 226 g/mol. The van der Waals surface area contributed by atoms with Crippen molar-refractivity contribution in [3.63, 3.8) is 0 Å². The SMILES string of the molecule is [2H]c1c([2H])c([2H])c2c(-c3ccc(N)cc3)c([2H])c([2H])c([2H])c2c1[2H]. The summed E-state index contributed by atoms with van der Waals surface area (Å²) < 4.78 is 56.1. The van der Waals surface area contributed by atoms with Crippen LogP contribution in [0.5, 0.6) is 0 Å². The van der Waals surface area contributed by atoms with E-state index in [1.54, 1.807) is 24.3 Å². The molecule has 3 aromatic carbocycles. The van der Waals surface area contributed by atoms with E-state index in [1.807, 2.05) is 0 Å². The Morgan fingerprint density at radius 2 is 1.53 bits per heavy atom. The Labute approximate surface area is 110 Å². The van der Waals surface area contributed by atoms with Gasteiger partial charge in [0, 0.05) is 5.69 Å². The molecule has 0 aliphatic carbocycles. The van der Waals surface area contributed by atoms with Crippen LogP contribution in [-0.2, 0) is 0 Å². The molecule has 2 N–H and O–H groups in total. The summed E-state index contributed by atoms with van der Waals surface area (Å²) in [6.07, 6.45) is 0. The topological polar surface area (TPSA) is 26.0 Å². The molecule has 1 heteroatoms. The molecule has 3 aromatic rings. The molecule has 3 rings (SSSR count). The van der Waals surface area contributed by atoms with Gasteiger partial charge >= 0.3 is 0 Å². The first-order valence-corrected chi connectivity index (χ1v) is 5.11. The maximum atomic E-state index is 8.21. The number of benzene rings is 3. The number of hydrogen-bond donors (Lipinski definition) is 1. The third kappa shape index (κ3) is 1.76. The van der Waals surface area contributed by atoms with Crippen molar-refractivity contribution in [3.8, 4) is 11.1 Å². The summed E-state index contributed by atoms with van der Waals surface area (Å²) >= 11 is 0. The second kappa shape index (κ2) is 3.95. The smallest absolute Gasteiger partial charge is 0.0629 e. The van der Waals surface area contributed by atoms with Crippen LogP contribution in [0, 0.1) is 0 Å². The van der Waals surface area contributed by atoms with E-state index in [0.29, 0.717) is 11.3 Å². The van der Waals surface area contributed by atoms with Gasteiger partial charge in [-0.05, 0) is 34.0 Å². The van der Waals surface area contributed by atoms with Gasteiger partial charge < -0.3 is 5.73 Å². The van der Waals surface area contributed by atoms with Gasteiger partial charge in [0.25, 0.3) is 0 Å². The first-order chi connectivity index (χ1) is 11.3. The largest absolute Gasteiger partial charge is 0.399 e. The third-order valence-electron chi connectivity index (χ3n) is 2.51. The molecule has 0 amide bonds. The molecule has 0 radical (unpaired) electrons. The van der Waals surface area contributed by atoms with Crippen LogP contribution in [0.4, 0.5) is 5.69 Å². The molecule has 0 aromatic heterocycles. The second-order valence-corrected chi connectivity index (χ2v) is 3.62. The van der Waals surface area contributed by atoms with Crippen LogP contribution < -0.4 is 5.73 Å². The van der Waals surface area contributed by atoms with Crippen LogP contribution in [0.3, 0.4) is 0 Å². The standard InChI is InChI=1S/C16H13N/c17-14-10-8-13(9-11-14)16-7-3-5-12-4-1-2-6-15(12)16/h1-11H,17H2/i1D,2D,3D,4D,5D,6D,7D. The highest BCUT2D eigenvalue weighted by Gasteiger charge is 2.02. The summed E-state index contributed by atoms with van der Waals surface area (Å²) in [4.78, 5) is 0. The Balaban J connectivity index is 2.61. The molecule has 0 aliphatic heterocycles. The average molecular weight is 226 g/mol. The second-order valence-electron chi connectivity index (χ2n) is 3.62. The van der Waals surface area contributed by atoms with E-state index in [0.717, 1.165) is 0 Å². The molecule has 0 aliphatic rings. The van der Waals surface area contributed by atoms with Crippen molar-refractivity contribution >= 4 is 16.5 Å². The van der Waals surface area contributed by atoms with Gasteiger partial charge in [-0.3, -0.25) is 0 Å². The molecule has 0 spiro atoms. The van der Waals surface area contributed by atoms with Crippen molar-refractivity contribution in [3.05, 3.63) is 66.6 Å². The normalized spacial score (nSPS) is 16.4. The Hall–Kier alpha value is -2.28. The minimum atomic E-state index is -0.457. The first-order valence-electron chi connectivity index (χ1n) is 8.61. The maximum absolute atomic E-state index is 8.21. The highest BCUT2D eigenvalue weighted by atomic mass is 14.5. The van der Waals surface area contributed by atoms with E-state index < -0.39 is 12.1 Å². The minimum Gasteiger partial charge on any atom is -0.399 e. The summed E-state index contributed by atoms with van der Waals surface area (Å²) in [7, 11) is 0. The summed E-state index contributed by atoms with van der Waals surface area (Å²) in [5.74, 6) is 0. The molecule has 0 heterocycles. The van der Waals surface area contributed by atoms with Gasteiger partial charge in [-0.1, -0.05) is 54.4 Å². The number of hydrogen-bond acceptors (Lipinski definition) is 1. The summed E-state index contributed by atoms with van der Waals surface area (Å²) in [5, 5.41) is 0.0330. The minimum absolute atomic E-state index is 0.0474. The molecular formula is C16H13N. The number of nitrogen functional groups attached to an aromatic ring is 1. The van der Waals surface area contributed by atoms with Gasteiger partial charge in [0.05, 0.1) is 9.60 Å². The lowest BCUT2D eigenvalue weighted by molar-refractivity contribution is 1.64. The van der Waals surface area contributed by atoms with Gasteiger partial charge in [-0.2, -0.15) is 0 Å². The Bertz CT molecular complexity index is 973. The fourth-order valence-corrected chi connectivity index (χ4v) is 1.68. The van der Waals surface area contributed by atoms with Crippen molar-refractivity contribution < 1.29 is 9.60 Å². The number of rotatable bonds is 1. The first kappa shape index (κ1) is 4.92. The molecule has 0 fully saturated rings.